The van der Waals surface area contributed by atoms with E-state index in [1.165, 1.54) is 0 Å². The quantitative estimate of drug-likeness (QED) is 0.655. The van der Waals surface area contributed by atoms with Crippen molar-refractivity contribution in [1.82, 2.24) is 5.43 Å². The van der Waals surface area contributed by atoms with E-state index in [1.54, 1.807) is 7.11 Å². The minimum atomic E-state index is -0.0685. The maximum absolute atomic E-state index is 11.6. The molecule has 4 nitrogen and oxygen atoms in total. The standard InChI is InChI=1S/C15H22N2O2/c1-10(2)8-15(18)17-16-12(4)13-9-11(3)6-7-14(13)19-5/h6-7,9-10H,8H2,1-5H3,(H,17,18)/b16-12-. The Balaban J connectivity index is 2.84. The zero-order valence-electron chi connectivity index (χ0n) is 12.3. The molecule has 0 aliphatic carbocycles. The van der Waals surface area contributed by atoms with Crippen LogP contribution in [0.1, 0.15) is 38.3 Å². The summed E-state index contributed by atoms with van der Waals surface area (Å²) in [7, 11) is 1.62. The second kappa shape index (κ2) is 6.92. The van der Waals surface area contributed by atoms with Gasteiger partial charge >= 0.3 is 0 Å². The van der Waals surface area contributed by atoms with E-state index < -0.39 is 0 Å². The summed E-state index contributed by atoms with van der Waals surface area (Å²) in [4.78, 5) is 11.6. The van der Waals surface area contributed by atoms with E-state index >= 15 is 0 Å². The summed E-state index contributed by atoms with van der Waals surface area (Å²) in [6.45, 7) is 7.86. The molecule has 0 aromatic heterocycles. The van der Waals surface area contributed by atoms with Crippen LogP contribution < -0.4 is 10.2 Å². The van der Waals surface area contributed by atoms with E-state index in [2.05, 4.69) is 10.5 Å². The zero-order chi connectivity index (χ0) is 14.4. The van der Waals surface area contributed by atoms with E-state index in [4.69, 9.17) is 4.74 Å². The topological polar surface area (TPSA) is 50.7 Å². The van der Waals surface area contributed by atoms with Gasteiger partial charge in [0.15, 0.2) is 0 Å². The van der Waals surface area contributed by atoms with Gasteiger partial charge in [0.25, 0.3) is 0 Å². The predicted molar refractivity (Wildman–Crippen MR) is 77.5 cm³/mol. The Morgan fingerprint density at radius 3 is 2.68 bits per heavy atom. The third kappa shape index (κ3) is 4.73. The summed E-state index contributed by atoms with van der Waals surface area (Å²) >= 11 is 0. The number of hydrogen-bond donors (Lipinski definition) is 1. The summed E-state index contributed by atoms with van der Waals surface area (Å²) in [6.07, 6.45) is 0.474. The molecule has 0 saturated carbocycles. The maximum Gasteiger partial charge on any atom is 0.240 e. The van der Waals surface area contributed by atoms with Gasteiger partial charge in [-0.2, -0.15) is 5.10 Å². The van der Waals surface area contributed by atoms with E-state index in [-0.39, 0.29) is 5.91 Å². The van der Waals surface area contributed by atoms with Gasteiger partial charge in [-0.05, 0) is 31.9 Å². The summed E-state index contributed by atoms with van der Waals surface area (Å²) in [5, 5.41) is 4.13. The number of aryl methyl sites for hydroxylation is 1. The highest BCUT2D eigenvalue weighted by Gasteiger charge is 2.08. The number of hydrogen-bond acceptors (Lipinski definition) is 3. The van der Waals surface area contributed by atoms with Crippen LogP contribution in [0, 0.1) is 12.8 Å². The summed E-state index contributed by atoms with van der Waals surface area (Å²) in [5.41, 5.74) is 5.33. The molecule has 0 radical (unpaired) electrons. The number of methoxy groups -OCH3 is 1. The van der Waals surface area contributed by atoms with Gasteiger partial charge in [0.05, 0.1) is 12.8 Å². The van der Waals surface area contributed by atoms with Crippen molar-refractivity contribution in [3.05, 3.63) is 29.3 Å². The lowest BCUT2D eigenvalue weighted by molar-refractivity contribution is -0.121. The molecule has 0 saturated heterocycles. The first kappa shape index (κ1) is 15.2. The predicted octanol–water partition coefficient (Wildman–Crippen LogP) is 2.89. The number of carbonyl (C=O) groups is 1. The minimum absolute atomic E-state index is 0.0685. The van der Waals surface area contributed by atoms with Crippen LogP contribution in [0.25, 0.3) is 0 Å². The van der Waals surface area contributed by atoms with Crippen LogP contribution >= 0.6 is 0 Å². The van der Waals surface area contributed by atoms with Gasteiger partial charge in [-0.15, -0.1) is 0 Å². The van der Waals surface area contributed by atoms with Gasteiger partial charge < -0.3 is 4.74 Å². The molecule has 19 heavy (non-hydrogen) atoms. The first-order valence-electron chi connectivity index (χ1n) is 6.42. The third-order valence-electron chi connectivity index (χ3n) is 2.69. The van der Waals surface area contributed by atoms with Crippen LogP contribution in [-0.2, 0) is 4.79 Å². The highest BCUT2D eigenvalue weighted by Crippen LogP contribution is 2.20. The Kier molecular flexibility index (Phi) is 5.55. The van der Waals surface area contributed by atoms with Gasteiger partial charge in [0.1, 0.15) is 5.75 Å². The molecule has 4 heteroatoms. The van der Waals surface area contributed by atoms with Crippen molar-refractivity contribution in [3.8, 4) is 5.75 Å². The lowest BCUT2D eigenvalue weighted by Gasteiger charge is -2.09. The summed E-state index contributed by atoms with van der Waals surface area (Å²) < 4.78 is 5.30. The molecule has 0 atom stereocenters. The molecular formula is C15H22N2O2. The lowest BCUT2D eigenvalue weighted by Crippen LogP contribution is -2.20. The average molecular weight is 262 g/mol. The van der Waals surface area contributed by atoms with Gasteiger partial charge in [-0.1, -0.05) is 25.5 Å². The summed E-state index contributed by atoms with van der Waals surface area (Å²) in [6, 6.07) is 5.87. The molecule has 0 aliphatic heterocycles. The molecule has 0 fully saturated rings. The Morgan fingerprint density at radius 2 is 2.11 bits per heavy atom. The number of amides is 1. The van der Waals surface area contributed by atoms with Gasteiger partial charge in [0, 0.05) is 12.0 Å². The Morgan fingerprint density at radius 1 is 1.42 bits per heavy atom. The fraction of sp³-hybridized carbons (Fsp3) is 0.467. The van der Waals surface area contributed by atoms with Crippen molar-refractivity contribution >= 4 is 11.6 Å². The lowest BCUT2D eigenvalue weighted by atomic mass is 10.1. The molecule has 0 bridgehead atoms. The highest BCUT2D eigenvalue weighted by molar-refractivity contribution is 6.01. The fourth-order valence-corrected chi connectivity index (χ4v) is 1.73. The van der Waals surface area contributed by atoms with Crippen molar-refractivity contribution in [3.63, 3.8) is 0 Å². The number of hydrazone groups is 1. The minimum Gasteiger partial charge on any atom is -0.496 e. The van der Waals surface area contributed by atoms with Crippen molar-refractivity contribution < 1.29 is 9.53 Å². The molecule has 1 amide bonds. The molecule has 104 valence electrons. The monoisotopic (exact) mass is 262 g/mol. The number of nitrogens with zero attached hydrogens (tertiary/aromatic N) is 1. The number of benzene rings is 1. The van der Waals surface area contributed by atoms with E-state index in [0.29, 0.717) is 12.3 Å². The summed E-state index contributed by atoms with van der Waals surface area (Å²) in [5.74, 6) is 1.01. The van der Waals surface area contributed by atoms with Crippen LogP contribution in [0.15, 0.2) is 23.3 Å². The van der Waals surface area contributed by atoms with Crippen LogP contribution in [0.4, 0.5) is 0 Å². The van der Waals surface area contributed by atoms with E-state index in [9.17, 15) is 4.79 Å². The number of carbonyl (C=O) groups excluding carboxylic acids is 1. The molecule has 0 aliphatic rings. The van der Waals surface area contributed by atoms with E-state index in [1.807, 2.05) is 45.9 Å². The average Bonchev–Trinajstić information content (AvgIpc) is 2.35. The molecular weight excluding hydrogens is 240 g/mol. The molecule has 1 N–H and O–H groups in total. The number of nitrogens with one attached hydrogen (secondary N) is 1. The first-order chi connectivity index (χ1) is 8.93. The van der Waals surface area contributed by atoms with Crippen LogP contribution in [0.2, 0.25) is 0 Å². The molecule has 0 unspecified atom stereocenters. The van der Waals surface area contributed by atoms with Crippen LogP contribution in [0.5, 0.6) is 5.75 Å². The van der Waals surface area contributed by atoms with Crippen molar-refractivity contribution in [1.29, 1.82) is 0 Å². The zero-order valence-corrected chi connectivity index (χ0v) is 12.3. The largest absolute Gasteiger partial charge is 0.496 e. The SMILES string of the molecule is COc1ccc(C)cc1/C(C)=N\NC(=O)CC(C)C. The Labute approximate surface area is 114 Å². The first-order valence-corrected chi connectivity index (χ1v) is 6.42. The van der Waals surface area contributed by atoms with Crippen molar-refractivity contribution in [2.75, 3.05) is 7.11 Å². The molecule has 1 aromatic rings. The number of rotatable bonds is 5. The Bertz CT molecular complexity index is 479. The Hall–Kier alpha value is -1.84. The van der Waals surface area contributed by atoms with Gasteiger partial charge in [-0.25, -0.2) is 5.43 Å². The molecule has 1 rings (SSSR count). The second-order valence-electron chi connectivity index (χ2n) is 5.03. The maximum atomic E-state index is 11.6. The normalized spacial score (nSPS) is 11.6. The smallest absolute Gasteiger partial charge is 0.240 e. The third-order valence-corrected chi connectivity index (χ3v) is 2.69. The molecule has 1 aromatic carbocycles. The van der Waals surface area contributed by atoms with Gasteiger partial charge in [-0.3, -0.25) is 4.79 Å². The van der Waals surface area contributed by atoms with Crippen molar-refractivity contribution in [2.24, 2.45) is 11.0 Å². The van der Waals surface area contributed by atoms with Crippen molar-refractivity contribution in [2.45, 2.75) is 34.1 Å². The molecule has 0 heterocycles. The number of ether oxygens (including phenoxy) is 1. The molecule has 0 spiro atoms. The van der Waals surface area contributed by atoms with Gasteiger partial charge in [0.2, 0.25) is 5.91 Å². The fourth-order valence-electron chi connectivity index (χ4n) is 1.73. The highest BCUT2D eigenvalue weighted by atomic mass is 16.5. The van der Waals surface area contributed by atoms with E-state index in [0.717, 1.165) is 22.6 Å². The van der Waals surface area contributed by atoms with Crippen LogP contribution in [-0.4, -0.2) is 18.7 Å². The second-order valence-corrected chi connectivity index (χ2v) is 5.03. The van der Waals surface area contributed by atoms with Crippen LogP contribution in [0.3, 0.4) is 0 Å².